The highest BCUT2D eigenvalue weighted by atomic mass is 19.1. The first-order valence-corrected chi connectivity index (χ1v) is 5.80. The molecule has 0 radical (unpaired) electrons. The Morgan fingerprint density at radius 1 is 1.41 bits per heavy atom. The third-order valence-electron chi connectivity index (χ3n) is 2.35. The summed E-state index contributed by atoms with van der Waals surface area (Å²) in [6.07, 6.45) is -0.641. The molecule has 1 aromatic rings. The molecule has 1 unspecified atom stereocenters. The van der Waals surface area contributed by atoms with Crippen LogP contribution in [0.4, 0.5) is 4.39 Å². The number of hydrogen-bond donors (Lipinski definition) is 2. The minimum absolute atomic E-state index is 0.0834. The number of rotatable bonds is 6. The Hall–Kier alpha value is -1.13. The fraction of sp³-hybridized carbons (Fsp3) is 0.538. The summed E-state index contributed by atoms with van der Waals surface area (Å²) < 4.78 is 18.8. The average molecular weight is 241 g/mol. The summed E-state index contributed by atoms with van der Waals surface area (Å²) in [5.74, 6) is -0.176. The first-order chi connectivity index (χ1) is 8.00. The van der Waals surface area contributed by atoms with Crippen LogP contribution in [0.3, 0.4) is 0 Å². The fourth-order valence-corrected chi connectivity index (χ4v) is 1.35. The number of hydrogen-bond acceptors (Lipinski definition) is 3. The molecule has 0 fully saturated rings. The van der Waals surface area contributed by atoms with E-state index in [2.05, 4.69) is 5.32 Å². The van der Waals surface area contributed by atoms with E-state index in [9.17, 15) is 9.50 Å². The highest BCUT2D eigenvalue weighted by molar-refractivity contribution is 5.30. The maximum absolute atomic E-state index is 13.5. The second-order valence-corrected chi connectivity index (χ2v) is 4.41. The number of aryl methyl sites for hydroxylation is 1. The van der Waals surface area contributed by atoms with E-state index < -0.39 is 6.10 Å². The number of halogens is 1. The van der Waals surface area contributed by atoms with Crippen LogP contribution in [0, 0.1) is 12.7 Å². The molecule has 0 spiro atoms. The van der Waals surface area contributed by atoms with Crippen LogP contribution in [0.1, 0.15) is 19.4 Å². The molecule has 96 valence electrons. The van der Waals surface area contributed by atoms with Crippen LogP contribution in [0.25, 0.3) is 0 Å². The molecule has 0 amide bonds. The lowest BCUT2D eigenvalue weighted by Gasteiger charge is -2.15. The quantitative estimate of drug-likeness (QED) is 0.799. The highest BCUT2D eigenvalue weighted by Gasteiger charge is 2.09. The Balaban J connectivity index is 2.42. The number of ether oxygens (including phenoxy) is 1. The standard InChI is InChI=1S/C13H20FNO2/c1-9(2)15-7-11(16)8-17-12-6-4-5-10(3)13(12)14/h4-6,9,11,15-16H,7-8H2,1-3H3. The smallest absolute Gasteiger partial charge is 0.167 e. The zero-order valence-corrected chi connectivity index (χ0v) is 10.5. The van der Waals surface area contributed by atoms with Gasteiger partial charge in [-0.2, -0.15) is 0 Å². The summed E-state index contributed by atoms with van der Waals surface area (Å²) >= 11 is 0. The van der Waals surface area contributed by atoms with Crippen molar-refractivity contribution < 1.29 is 14.2 Å². The SMILES string of the molecule is Cc1cccc(OCC(O)CNC(C)C)c1F. The molecule has 0 heterocycles. The van der Waals surface area contributed by atoms with Gasteiger partial charge in [-0.25, -0.2) is 4.39 Å². The van der Waals surface area contributed by atoms with Gasteiger partial charge in [0.05, 0.1) is 0 Å². The van der Waals surface area contributed by atoms with Crippen molar-refractivity contribution in [3.05, 3.63) is 29.6 Å². The van der Waals surface area contributed by atoms with E-state index in [4.69, 9.17) is 4.74 Å². The maximum Gasteiger partial charge on any atom is 0.167 e. The van der Waals surface area contributed by atoms with Gasteiger partial charge in [0.25, 0.3) is 0 Å². The van der Waals surface area contributed by atoms with Crippen LogP contribution >= 0.6 is 0 Å². The van der Waals surface area contributed by atoms with Crippen molar-refractivity contribution in [3.63, 3.8) is 0 Å². The zero-order valence-electron chi connectivity index (χ0n) is 10.5. The fourth-order valence-electron chi connectivity index (χ4n) is 1.35. The molecule has 0 saturated heterocycles. The number of aliphatic hydroxyl groups excluding tert-OH is 1. The molecule has 0 aliphatic heterocycles. The molecule has 0 aliphatic carbocycles. The van der Waals surface area contributed by atoms with Crippen molar-refractivity contribution in [1.29, 1.82) is 0 Å². The second-order valence-electron chi connectivity index (χ2n) is 4.41. The van der Waals surface area contributed by atoms with Gasteiger partial charge in [0.15, 0.2) is 11.6 Å². The lowest BCUT2D eigenvalue weighted by molar-refractivity contribution is 0.102. The molecule has 3 nitrogen and oxygen atoms in total. The normalized spacial score (nSPS) is 12.8. The Labute approximate surface area is 102 Å². The molecule has 17 heavy (non-hydrogen) atoms. The van der Waals surface area contributed by atoms with Crippen LogP contribution in [-0.4, -0.2) is 30.4 Å². The largest absolute Gasteiger partial charge is 0.488 e. The average Bonchev–Trinajstić information content (AvgIpc) is 2.28. The van der Waals surface area contributed by atoms with E-state index in [1.165, 1.54) is 0 Å². The molecular formula is C13H20FNO2. The van der Waals surface area contributed by atoms with Gasteiger partial charge < -0.3 is 15.2 Å². The van der Waals surface area contributed by atoms with Crippen LogP contribution in [0.2, 0.25) is 0 Å². The first kappa shape index (κ1) is 13.9. The van der Waals surface area contributed by atoms with Crippen molar-refractivity contribution in [3.8, 4) is 5.75 Å². The first-order valence-electron chi connectivity index (χ1n) is 5.80. The van der Waals surface area contributed by atoms with Gasteiger partial charge in [-0.15, -0.1) is 0 Å². The number of benzene rings is 1. The van der Waals surface area contributed by atoms with E-state index in [1.807, 2.05) is 13.8 Å². The van der Waals surface area contributed by atoms with Gasteiger partial charge in [-0.05, 0) is 18.6 Å². The molecule has 1 rings (SSSR count). The van der Waals surface area contributed by atoms with Gasteiger partial charge in [-0.3, -0.25) is 0 Å². The third kappa shape index (κ3) is 4.71. The Bertz CT molecular complexity index is 355. The summed E-state index contributed by atoms with van der Waals surface area (Å²) in [7, 11) is 0. The molecule has 2 N–H and O–H groups in total. The zero-order chi connectivity index (χ0) is 12.8. The molecule has 0 aliphatic rings. The van der Waals surface area contributed by atoms with Crippen LogP contribution < -0.4 is 10.1 Å². The predicted molar refractivity (Wildman–Crippen MR) is 65.8 cm³/mol. The lowest BCUT2D eigenvalue weighted by Crippen LogP contribution is -2.35. The van der Waals surface area contributed by atoms with E-state index in [1.54, 1.807) is 25.1 Å². The van der Waals surface area contributed by atoms with Crippen LogP contribution in [0.15, 0.2) is 18.2 Å². The summed E-state index contributed by atoms with van der Waals surface area (Å²) in [6, 6.07) is 5.27. The van der Waals surface area contributed by atoms with Crippen molar-refractivity contribution in [2.24, 2.45) is 0 Å². The predicted octanol–water partition coefficient (Wildman–Crippen LogP) is 1.87. The molecule has 0 bridgehead atoms. The topological polar surface area (TPSA) is 41.5 Å². The van der Waals surface area contributed by atoms with Gasteiger partial charge >= 0.3 is 0 Å². The Morgan fingerprint density at radius 2 is 2.12 bits per heavy atom. The number of nitrogens with one attached hydrogen (secondary N) is 1. The summed E-state index contributed by atoms with van der Waals surface area (Å²) in [6.45, 7) is 6.19. The Morgan fingerprint density at radius 3 is 2.76 bits per heavy atom. The van der Waals surface area contributed by atoms with Gasteiger partial charge in [0, 0.05) is 12.6 Å². The summed E-state index contributed by atoms with van der Waals surface area (Å²) in [4.78, 5) is 0. The van der Waals surface area contributed by atoms with Crippen molar-refractivity contribution in [1.82, 2.24) is 5.32 Å². The molecule has 1 atom stereocenters. The van der Waals surface area contributed by atoms with E-state index in [-0.39, 0.29) is 18.2 Å². The lowest BCUT2D eigenvalue weighted by atomic mass is 10.2. The van der Waals surface area contributed by atoms with Gasteiger partial charge in [0.1, 0.15) is 12.7 Å². The van der Waals surface area contributed by atoms with Crippen LogP contribution in [-0.2, 0) is 0 Å². The third-order valence-corrected chi connectivity index (χ3v) is 2.35. The van der Waals surface area contributed by atoms with Gasteiger partial charge in [-0.1, -0.05) is 26.0 Å². The molecule has 1 aromatic carbocycles. The Kier molecular flexibility index (Phi) is 5.38. The minimum atomic E-state index is -0.641. The minimum Gasteiger partial charge on any atom is -0.488 e. The second kappa shape index (κ2) is 6.57. The van der Waals surface area contributed by atoms with Crippen molar-refractivity contribution in [2.45, 2.75) is 32.9 Å². The maximum atomic E-state index is 13.5. The summed E-state index contributed by atoms with van der Waals surface area (Å²) in [5.41, 5.74) is 0.539. The van der Waals surface area contributed by atoms with E-state index >= 15 is 0 Å². The van der Waals surface area contributed by atoms with E-state index in [0.29, 0.717) is 18.2 Å². The molecular weight excluding hydrogens is 221 g/mol. The van der Waals surface area contributed by atoms with Gasteiger partial charge in [0.2, 0.25) is 0 Å². The van der Waals surface area contributed by atoms with Crippen molar-refractivity contribution in [2.75, 3.05) is 13.2 Å². The monoisotopic (exact) mass is 241 g/mol. The molecule has 4 heteroatoms. The van der Waals surface area contributed by atoms with E-state index in [0.717, 1.165) is 0 Å². The number of aliphatic hydroxyl groups is 1. The molecule has 0 saturated carbocycles. The van der Waals surface area contributed by atoms with Crippen molar-refractivity contribution >= 4 is 0 Å². The molecule has 0 aromatic heterocycles. The van der Waals surface area contributed by atoms with Crippen LogP contribution in [0.5, 0.6) is 5.75 Å². The highest BCUT2D eigenvalue weighted by Crippen LogP contribution is 2.19. The summed E-state index contributed by atoms with van der Waals surface area (Å²) in [5, 5.41) is 12.7.